The lowest BCUT2D eigenvalue weighted by molar-refractivity contribution is 0.518. The van der Waals surface area contributed by atoms with Crippen LogP contribution in [0.4, 0.5) is 5.69 Å². The van der Waals surface area contributed by atoms with Gasteiger partial charge in [-0.2, -0.15) is 5.26 Å². The number of hydrogen-bond donors (Lipinski definition) is 0. The molecule has 1 aromatic carbocycles. The van der Waals surface area contributed by atoms with Gasteiger partial charge in [-0.15, -0.1) is 0 Å². The van der Waals surface area contributed by atoms with E-state index in [0.29, 0.717) is 13.0 Å². The molecular formula is C14H21N3O2S. The fourth-order valence-electron chi connectivity index (χ4n) is 1.77. The van der Waals surface area contributed by atoms with Gasteiger partial charge in [0.2, 0.25) is 10.0 Å². The molecule has 0 saturated carbocycles. The topological polar surface area (TPSA) is 64.4 Å². The average molecular weight is 295 g/mol. The Hall–Kier alpha value is -1.58. The lowest BCUT2D eigenvalue weighted by Crippen LogP contribution is -2.27. The van der Waals surface area contributed by atoms with Crippen molar-refractivity contribution in [1.29, 1.82) is 5.26 Å². The summed E-state index contributed by atoms with van der Waals surface area (Å²) in [6.45, 7) is 2.45. The van der Waals surface area contributed by atoms with E-state index in [-0.39, 0.29) is 5.75 Å². The van der Waals surface area contributed by atoms with Gasteiger partial charge in [-0.05, 0) is 30.5 Å². The third-order valence-corrected chi connectivity index (χ3v) is 5.01. The fourth-order valence-corrected chi connectivity index (χ4v) is 2.63. The molecule has 110 valence electrons. The van der Waals surface area contributed by atoms with Crippen LogP contribution >= 0.6 is 0 Å². The largest absolute Gasteiger partial charge is 0.279 e. The lowest BCUT2D eigenvalue weighted by atomic mass is 10.1. The second kappa shape index (κ2) is 7.27. The third kappa shape index (κ3) is 4.51. The summed E-state index contributed by atoms with van der Waals surface area (Å²) in [7, 11) is -0.168. The molecule has 0 atom stereocenters. The van der Waals surface area contributed by atoms with E-state index in [1.54, 1.807) is 0 Å². The summed E-state index contributed by atoms with van der Waals surface area (Å²) in [5, 5.41) is 9.20. The average Bonchev–Trinajstić information content (AvgIpc) is 2.43. The first-order valence-corrected chi connectivity index (χ1v) is 8.18. The van der Waals surface area contributed by atoms with Crippen molar-refractivity contribution in [1.82, 2.24) is 4.31 Å². The van der Waals surface area contributed by atoms with Crippen molar-refractivity contribution < 1.29 is 8.42 Å². The zero-order valence-corrected chi connectivity index (χ0v) is 13.0. The number of aryl methyl sites for hydroxylation is 1. The van der Waals surface area contributed by atoms with Gasteiger partial charge in [0, 0.05) is 20.6 Å². The molecule has 0 amide bonds. The minimum Gasteiger partial charge on any atom is -0.279 e. The van der Waals surface area contributed by atoms with Gasteiger partial charge < -0.3 is 0 Å². The van der Waals surface area contributed by atoms with Crippen molar-refractivity contribution in [2.45, 2.75) is 19.8 Å². The molecule has 0 aliphatic rings. The molecule has 0 spiro atoms. The SMILES string of the molecule is CCc1cccc(N(C#N)CCCS(=O)(=O)N(C)C)c1. The Morgan fingerprint density at radius 1 is 1.30 bits per heavy atom. The molecule has 0 heterocycles. The summed E-state index contributed by atoms with van der Waals surface area (Å²) in [5.41, 5.74) is 1.97. The highest BCUT2D eigenvalue weighted by Crippen LogP contribution is 2.16. The Morgan fingerprint density at radius 2 is 2.00 bits per heavy atom. The molecular weight excluding hydrogens is 274 g/mol. The maximum absolute atomic E-state index is 11.7. The van der Waals surface area contributed by atoms with E-state index in [1.165, 1.54) is 23.3 Å². The van der Waals surface area contributed by atoms with E-state index < -0.39 is 10.0 Å². The van der Waals surface area contributed by atoms with E-state index in [0.717, 1.165) is 17.7 Å². The molecule has 0 bridgehead atoms. The molecule has 0 radical (unpaired) electrons. The second-order valence-corrected chi connectivity index (χ2v) is 7.03. The molecule has 0 aliphatic carbocycles. The Labute approximate surface area is 121 Å². The summed E-state index contributed by atoms with van der Waals surface area (Å²) < 4.78 is 24.5. The quantitative estimate of drug-likeness (QED) is 0.568. The first-order valence-electron chi connectivity index (χ1n) is 6.57. The monoisotopic (exact) mass is 295 g/mol. The van der Waals surface area contributed by atoms with Gasteiger partial charge in [0.05, 0.1) is 11.4 Å². The standard InChI is InChI=1S/C14H21N3O2S/c1-4-13-7-5-8-14(11-13)17(12-15)9-6-10-20(18,19)16(2)3/h5,7-8,11H,4,6,9-10H2,1-3H3. The van der Waals surface area contributed by atoms with E-state index >= 15 is 0 Å². The normalized spacial score (nSPS) is 11.3. The Balaban J connectivity index is 2.67. The number of hydrogen-bond acceptors (Lipinski definition) is 4. The van der Waals surface area contributed by atoms with Crippen molar-refractivity contribution in [2.75, 3.05) is 31.3 Å². The number of rotatable bonds is 7. The summed E-state index contributed by atoms with van der Waals surface area (Å²) in [4.78, 5) is 1.53. The van der Waals surface area contributed by atoms with E-state index in [2.05, 4.69) is 13.1 Å². The summed E-state index contributed by atoms with van der Waals surface area (Å²) >= 11 is 0. The molecule has 0 aliphatic heterocycles. The Bertz CT molecular complexity index is 576. The van der Waals surface area contributed by atoms with E-state index in [9.17, 15) is 13.7 Å². The van der Waals surface area contributed by atoms with Gasteiger partial charge in [-0.3, -0.25) is 4.90 Å². The number of nitriles is 1. The molecule has 6 heteroatoms. The van der Waals surface area contributed by atoms with Gasteiger partial charge in [-0.1, -0.05) is 19.1 Å². The van der Waals surface area contributed by atoms with Gasteiger partial charge >= 0.3 is 0 Å². The molecule has 0 aromatic heterocycles. The van der Waals surface area contributed by atoms with E-state index in [4.69, 9.17) is 0 Å². The molecule has 0 N–H and O–H groups in total. The van der Waals surface area contributed by atoms with Crippen LogP contribution in [0.5, 0.6) is 0 Å². The van der Waals surface area contributed by atoms with Crippen LogP contribution in [0.15, 0.2) is 24.3 Å². The van der Waals surface area contributed by atoms with Crippen molar-refractivity contribution in [3.63, 3.8) is 0 Å². The third-order valence-electron chi connectivity index (χ3n) is 3.09. The predicted molar refractivity (Wildman–Crippen MR) is 80.9 cm³/mol. The van der Waals surface area contributed by atoms with Crippen LogP contribution in [-0.4, -0.2) is 39.1 Å². The molecule has 1 rings (SSSR count). The minimum atomic E-state index is -3.20. The highest BCUT2D eigenvalue weighted by atomic mass is 32.2. The maximum atomic E-state index is 11.7. The highest BCUT2D eigenvalue weighted by Gasteiger charge is 2.14. The number of benzene rings is 1. The number of sulfonamides is 1. The van der Waals surface area contributed by atoms with Crippen molar-refractivity contribution >= 4 is 15.7 Å². The lowest BCUT2D eigenvalue weighted by Gasteiger charge is -2.17. The Kier molecular flexibility index (Phi) is 5.99. The number of anilines is 1. The molecule has 1 aromatic rings. The second-order valence-electron chi connectivity index (χ2n) is 4.73. The molecule has 0 fully saturated rings. The van der Waals surface area contributed by atoms with Crippen molar-refractivity contribution in [3.05, 3.63) is 29.8 Å². The maximum Gasteiger partial charge on any atom is 0.213 e. The molecule has 0 saturated heterocycles. The zero-order chi connectivity index (χ0) is 15.2. The molecule has 20 heavy (non-hydrogen) atoms. The summed E-state index contributed by atoms with van der Waals surface area (Å²) in [5.74, 6) is 0.0473. The Morgan fingerprint density at radius 3 is 2.55 bits per heavy atom. The predicted octanol–water partition coefficient (Wildman–Crippen LogP) is 1.82. The van der Waals surface area contributed by atoms with Crippen LogP contribution in [0.1, 0.15) is 18.9 Å². The highest BCUT2D eigenvalue weighted by molar-refractivity contribution is 7.89. The van der Waals surface area contributed by atoms with Crippen LogP contribution < -0.4 is 4.90 Å². The number of nitrogens with zero attached hydrogens (tertiary/aromatic N) is 3. The summed E-state index contributed by atoms with van der Waals surface area (Å²) in [6, 6.07) is 7.75. The zero-order valence-electron chi connectivity index (χ0n) is 12.2. The van der Waals surface area contributed by atoms with Crippen LogP contribution in [-0.2, 0) is 16.4 Å². The van der Waals surface area contributed by atoms with E-state index in [1.807, 2.05) is 24.3 Å². The van der Waals surface area contributed by atoms with Crippen LogP contribution in [0.25, 0.3) is 0 Å². The smallest absolute Gasteiger partial charge is 0.213 e. The first-order chi connectivity index (χ1) is 9.40. The van der Waals surface area contributed by atoms with Crippen molar-refractivity contribution in [2.24, 2.45) is 0 Å². The summed E-state index contributed by atoms with van der Waals surface area (Å²) in [6.07, 6.45) is 3.44. The van der Waals surface area contributed by atoms with Crippen LogP contribution in [0.3, 0.4) is 0 Å². The van der Waals surface area contributed by atoms with Gasteiger partial charge in [0.1, 0.15) is 0 Å². The van der Waals surface area contributed by atoms with Crippen LogP contribution in [0, 0.1) is 11.5 Å². The van der Waals surface area contributed by atoms with Gasteiger partial charge in [-0.25, -0.2) is 12.7 Å². The molecule has 0 unspecified atom stereocenters. The van der Waals surface area contributed by atoms with Crippen LogP contribution in [0.2, 0.25) is 0 Å². The van der Waals surface area contributed by atoms with Gasteiger partial charge in [0.25, 0.3) is 0 Å². The fraction of sp³-hybridized carbons (Fsp3) is 0.500. The van der Waals surface area contributed by atoms with Crippen molar-refractivity contribution in [3.8, 4) is 6.19 Å². The first kappa shape index (κ1) is 16.5. The van der Waals surface area contributed by atoms with Gasteiger partial charge in [0.15, 0.2) is 6.19 Å². The minimum absolute atomic E-state index is 0.0473. The molecule has 5 nitrogen and oxygen atoms in total.